The van der Waals surface area contributed by atoms with Gasteiger partial charge in [0, 0.05) is 26.6 Å². The number of nitro benzene ring substituents is 1. The second-order valence-electron chi connectivity index (χ2n) is 5.84. The van der Waals surface area contributed by atoms with Crippen LogP contribution in [-0.4, -0.2) is 4.92 Å². The van der Waals surface area contributed by atoms with Crippen molar-refractivity contribution in [1.82, 2.24) is 0 Å². The molecule has 0 atom stereocenters. The number of nitro groups is 1. The molecule has 0 bridgehead atoms. The van der Waals surface area contributed by atoms with Gasteiger partial charge in [0.25, 0.3) is 5.69 Å². The van der Waals surface area contributed by atoms with Crippen molar-refractivity contribution in [3.8, 4) is 0 Å². The monoisotopic (exact) mass is 435 g/mol. The fourth-order valence-electron chi connectivity index (χ4n) is 2.36. The highest BCUT2D eigenvalue weighted by Gasteiger charge is 2.16. The van der Waals surface area contributed by atoms with E-state index < -0.39 is 0 Å². The lowest BCUT2D eigenvalue weighted by Gasteiger charge is -2.08. The molecule has 0 N–H and O–H groups in total. The van der Waals surface area contributed by atoms with Crippen LogP contribution in [0.4, 0.5) is 5.69 Å². The van der Waals surface area contributed by atoms with Crippen LogP contribution < -0.4 is 0 Å². The first-order valence-electron chi connectivity index (χ1n) is 8.02. The van der Waals surface area contributed by atoms with Crippen LogP contribution in [0.3, 0.4) is 0 Å². The normalized spacial score (nSPS) is 10.8. The fraction of sp³-hybridized carbons (Fsp3) is 0.100. The average Bonchev–Trinajstić information content (AvgIpc) is 2.65. The van der Waals surface area contributed by atoms with Crippen LogP contribution in [0.2, 0.25) is 10.0 Å². The Bertz CT molecular complexity index is 978. The molecule has 0 heterocycles. The summed E-state index contributed by atoms with van der Waals surface area (Å²) in [5.41, 5.74) is 2.12. The van der Waals surface area contributed by atoms with E-state index in [9.17, 15) is 10.1 Å². The smallest absolute Gasteiger partial charge is 0.258 e. The lowest BCUT2D eigenvalue weighted by atomic mass is 10.2. The molecular weight excluding hydrogens is 421 g/mol. The second-order valence-corrected chi connectivity index (χ2v) is 8.81. The van der Waals surface area contributed by atoms with Crippen molar-refractivity contribution in [3.05, 3.63) is 92.0 Å². The molecule has 27 heavy (non-hydrogen) atoms. The summed E-state index contributed by atoms with van der Waals surface area (Å²) < 4.78 is 0. The molecule has 0 aliphatic rings. The summed E-state index contributed by atoms with van der Waals surface area (Å²) in [6, 6.07) is 18.5. The first-order valence-corrected chi connectivity index (χ1v) is 10.6. The molecule has 3 rings (SSSR count). The van der Waals surface area contributed by atoms with E-state index in [2.05, 4.69) is 0 Å². The van der Waals surface area contributed by atoms with Gasteiger partial charge >= 0.3 is 0 Å². The number of halogens is 2. The Morgan fingerprint density at radius 1 is 0.963 bits per heavy atom. The van der Waals surface area contributed by atoms with Gasteiger partial charge in [-0.15, -0.1) is 11.8 Å². The molecule has 0 fully saturated rings. The average molecular weight is 436 g/mol. The molecule has 0 radical (unpaired) electrons. The molecule has 0 aliphatic carbocycles. The van der Waals surface area contributed by atoms with Gasteiger partial charge in [-0.3, -0.25) is 10.1 Å². The minimum atomic E-state index is -0.336. The Labute approximate surface area is 176 Å². The Morgan fingerprint density at radius 3 is 2.41 bits per heavy atom. The number of hydrogen-bond acceptors (Lipinski definition) is 4. The zero-order chi connectivity index (χ0) is 19.4. The molecule has 138 valence electrons. The van der Waals surface area contributed by atoms with E-state index in [-0.39, 0.29) is 10.6 Å². The first-order chi connectivity index (χ1) is 12.9. The summed E-state index contributed by atoms with van der Waals surface area (Å²) in [6.45, 7) is 2.01. The largest absolute Gasteiger partial charge is 0.283 e. The van der Waals surface area contributed by atoms with Crippen molar-refractivity contribution in [2.75, 3.05) is 0 Å². The SMILES string of the molecule is Cc1ccc(Sc2ccc(CSc3cc(Cl)ccc3Cl)cc2[N+](=O)[O-])cc1. The molecule has 0 amide bonds. The van der Waals surface area contributed by atoms with Crippen molar-refractivity contribution in [3.63, 3.8) is 0 Å². The van der Waals surface area contributed by atoms with E-state index >= 15 is 0 Å². The summed E-state index contributed by atoms with van der Waals surface area (Å²) in [5, 5.41) is 12.8. The second kappa shape index (κ2) is 9.02. The summed E-state index contributed by atoms with van der Waals surface area (Å²) in [4.78, 5) is 13.6. The Kier molecular flexibility index (Phi) is 6.71. The van der Waals surface area contributed by atoms with Gasteiger partial charge in [0.05, 0.1) is 14.8 Å². The van der Waals surface area contributed by atoms with Gasteiger partial charge in [-0.05, 0) is 48.9 Å². The van der Waals surface area contributed by atoms with Crippen LogP contribution >= 0.6 is 46.7 Å². The summed E-state index contributed by atoms with van der Waals surface area (Å²) in [5.74, 6) is 0.566. The third-order valence-electron chi connectivity index (χ3n) is 3.76. The summed E-state index contributed by atoms with van der Waals surface area (Å²) in [6.07, 6.45) is 0. The van der Waals surface area contributed by atoms with E-state index in [1.807, 2.05) is 37.3 Å². The maximum atomic E-state index is 11.5. The number of thioether (sulfide) groups is 1. The zero-order valence-corrected chi connectivity index (χ0v) is 17.5. The molecule has 0 aromatic heterocycles. The topological polar surface area (TPSA) is 43.1 Å². The fourth-order valence-corrected chi connectivity index (χ4v) is 4.70. The molecule has 3 aromatic carbocycles. The van der Waals surface area contributed by atoms with Gasteiger partial charge in [-0.2, -0.15) is 0 Å². The molecule has 0 unspecified atom stereocenters. The highest BCUT2D eigenvalue weighted by atomic mass is 35.5. The van der Waals surface area contributed by atoms with E-state index in [1.165, 1.54) is 23.5 Å². The minimum Gasteiger partial charge on any atom is -0.258 e. The van der Waals surface area contributed by atoms with Gasteiger partial charge < -0.3 is 0 Å². The number of hydrogen-bond donors (Lipinski definition) is 0. The van der Waals surface area contributed by atoms with E-state index in [0.717, 1.165) is 20.9 Å². The highest BCUT2D eigenvalue weighted by molar-refractivity contribution is 7.99. The van der Waals surface area contributed by atoms with Crippen molar-refractivity contribution < 1.29 is 4.92 Å². The van der Waals surface area contributed by atoms with Gasteiger partial charge in [-0.25, -0.2) is 0 Å². The van der Waals surface area contributed by atoms with E-state index in [4.69, 9.17) is 23.2 Å². The van der Waals surface area contributed by atoms with Crippen LogP contribution in [0.15, 0.2) is 75.4 Å². The maximum Gasteiger partial charge on any atom is 0.283 e. The third-order valence-corrected chi connectivity index (χ3v) is 6.63. The van der Waals surface area contributed by atoms with Crippen LogP contribution in [0.1, 0.15) is 11.1 Å². The lowest BCUT2D eigenvalue weighted by molar-refractivity contribution is -0.387. The maximum absolute atomic E-state index is 11.5. The molecule has 0 saturated carbocycles. The van der Waals surface area contributed by atoms with Crippen LogP contribution in [0, 0.1) is 17.0 Å². The van der Waals surface area contributed by atoms with Crippen LogP contribution in [-0.2, 0) is 5.75 Å². The van der Waals surface area contributed by atoms with Crippen molar-refractivity contribution in [2.45, 2.75) is 27.4 Å². The highest BCUT2D eigenvalue weighted by Crippen LogP contribution is 2.37. The van der Waals surface area contributed by atoms with Gasteiger partial charge in [0.1, 0.15) is 0 Å². The molecular formula is C20H15Cl2NO2S2. The van der Waals surface area contributed by atoms with Gasteiger partial charge in [0.15, 0.2) is 0 Å². The van der Waals surface area contributed by atoms with Crippen molar-refractivity contribution >= 4 is 52.4 Å². The summed E-state index contributed by atoms with van der Waals surface area (Å²) in [7, 11) is 0. The predicted molar refractivity (Wildman–Crippen MR) is 114 cm³/mol. The minimum absolute atomic E-state index is 0.107. The predicted octanol–water partition coefficient (Wildman–Crippen LogP) is 7.65. The number of aryl methyl sites for hydroxylation is 1. The lowest BCUT2D eigenvalue weighted by Crippen LogP contribution is -1.93. The van der Waals surface area contributed by atoms with Crippen LogP contribution in [0.25, 0.3) is 0 Å². The van der Waals surface area contributed by atoms with E-state index in [0.29, 0.717) is 20.7 Å². The molecule has 3 nitrogen and oxygen atoms in total. The zero-order valence-electron chi connectivity index (χ0n) is 14.3. The number of nitrogens with zero attached hydrogens (tertiary/aromatic N) is 1. The molecule has 0 aliphatic heterocycles. The standard InChI is InChI=1S/C20H15Cl2NO2S2/c1-13-2-6-16(7-3-13)27-19-9-4-14(10-18(19)23(24)25)12-26-20-11-15(21)5-8-17(20)22/h2-11H,12H2,1H3. The Hall–Kier alpha value is -1.66. The third kappa shape index (κ3) is 5.42. The van der Waals surface area contributed by atoms with Gasteiger partial charge in [-0.1, -0.05) is 58.7 Å². The van der Waals surface area contributed by atoms with Gasteiger partial charge in [0.2, 0.25) is 0 Å². The van der Waals surface area contributed by atoms with Crippen LogP contribution in [0.5, 0.6) is 0 Å². The summed E-state index contributed by atoms with van der Waals surface area (Å²) >= 11 is 15.1. The van der Waals surface area contributed by atoms with Crippen molar-refractivity contribution in [1.29, 1.82) is 0 Å². The Balaban J connectivity index is 1.79. The van der Waals surface area contributed by atoms with Crippen molar-refractivity contribution in [2.24, 2.45) is 0 Å². The molecule has 0 spiro atoms. The number of rotatable bonds is 6. The molecule has 7 heteroatoms. The molecule has 3 aromatic rings. The first kappa shape index (κ1) is 20.1. The quantitative estimate of drug-likeness (QED) is 0.226. The van der Waals surface area contributed by atoms with E-state index in [1.54, 1.807) is 30.3 Å². The Morgan fingerprint density at radius 2 is 1.70 bits per heavy atom. The molecule has 0 saturated heterocycles. The number of benzene rings is 3.